The van der Waals surface area contributed by atoms with E-state index in [-0.39, 0.29) is 19.2 Å². The summed E-state index contributed by atoms with van der Waals surface area (Å²) in [5.41, 5.74) is 3.49. The zero-order valence-electron chi connectivity index (χ0n) is 16.9. The summed E-state index contributed by atoms with van der Waals surface area (Å²) in [5, 5.41) is 5.74. The van der Waals surface area contributed by atoms with Crippen molar-refractivity contribution in [3.05, 3.63) is 71.9 Å². The summed E-state index contributed by atoms with van der Waals surface area (Å²) in [4.78, 5) is 28.7. The zero-order chi connectivity index (χ0) is 21.6. The van der Waals surface area contributed by atoms with Crippen molar-refractivity contribution in [2.45, 2.75) is 12.1 Å². The van der Waals surface area contributed by atoms with Crippen LogP contribution in [0.15, 0.2) is 81.6 Å². The third-order valence-corrected chi connectivity index (χ3v) is 5.46. The number of ether oxygens (including phenoxy) is 1. The van der Waals surface area contributed by atoms with Crippen LogP contribution in [0.25, 0.3) is 22.6 Å². The maximum atomic E-state index is 12.2. The Balaban J connectivity index is 1.63. The van der Waals surface area contributed by atoms with Gasteiger partial charge in [-0.3, -0.25) is 0 Å². The molecule has 0 atom stereocenters. The van der Waals surface area contributed by atoms with E-state index in [1.165, 1.54) is 11.8 Å². The van der Waals surface area contributed by atoms with Crippen molar-refractivity contribution in [3.8, 4) is 22.6 Å². The third kappa shape index (κ3) is 4.80. The lowest BCUT2D eigenvalue weighted by Crippen LogP contribution is -2.44. The topological polar surface area (TPSA) is 93.5 Å². The van der Waals surface area contributed by atoms with Gasteiger partial charge in [-0.15, -0.1) is 0 Å². The minimum absolute atomic E-state index is 0.122. The fourth-order valence-electron chi connectivity index (χ4n) is 3.14. The average molecular weight is 436 g/mol. The number of carbonyl (C=O) groups is 2. The monoisotopic (exact) mass is 435 g/mol. The predicted molar refractivity (Wildman–Crippen MR) is 118 cm³/mol. The fourth-order valence-corrected chi connectivity index (χ4v) is 3.95. The Morgan fingerprint density at radius 3 is 2.45 bits per heavy atom. The predicted octanol–water partition coefficient (Wildman–Crippen LogP) is 4.23. The first kappa shape index (κ1) is 20.7. The van der Waals surface area contributed by atoms with E-state index in [2.05, 4.69) is 10.6 Å². The lowest BCUT2D eigenvalue weighted by atomic mass is 10.1. The van der Waals surface area contributed by atoms with Crippen molar-refractivity contribution in [1.82, 2.24) is 15.6 Å². The van der Waals surface area contributed by atoms with E-state index in [9.17, 15) is 9.59 Å². The van der Waals surface area contributed by atoms with Crippen LogP contribution < -0.4 is 10.6 Å². The van der Waals surface area contributed by atoms with Crippen LogP contribution in [-0.4, -0.2) is 35.9 Å². The largest absolute Gasteiger partial charge is 0.463 e. The maximum Gasteiger partial charge on any atom is 0.337 e. The van der Waals surface area contributed by atoms with Crippen molar-refractivity contribution in [2.24, 2.45) is 0 Å². The fraction of sp³-hybridized carbons (Fsp3) is 0.174. The average Bonchev–Trinajstić information content (AvgIpc) is 3.23. The van der Waals surface area contributed by atoms with Crippen LogP contribution in [0.5, 0.6) is 0 Å². The zero-order valence-corrected chi connectivity index (χ0v) is 17.7. The van der Waals surface area contributed by atoms with Crippen molar-refractivity contribution in [1.29, 1.82) is 0 Å². The summed E-state index contributed by atoms with van der Waals surface area (Å²) >= 11 is 1.31. The number of esters is 1. The van der Waals surface area contributed by atoms with Gasteiger partial charge in [0.1, 0.15) is 5.69 Å². The molecule has 0 bridgehead atoms. The molecule has 0 unspecified atom stereocenters. The van der Waals surface area contributed by atoms with Crippen LogP contribution in [0, 0.1) is 0 Å². The molecule has 0 spiro atoms. The van der Waals surface area contributed by atoms with Crippen molar-refractivity contribution >= 4 is 23.8 Å². The highest BCUT2D eigenvalue weighted by Gasteiger charge is 2.25. The Morgan fingerprint density at radius 1 is 1.10 bits per heavy atom. The SMILES string of the molecule is CCOC(=O)C1=C(CSc2nc(-c3ccccc3)c(-c3ccccc3)o2)NC(=O)NC1. The second kappa shape index (κ2) is 9.53. The molecule has 2 heterocycles. The number of hydrogen-bond donors (Lipinski definition) is 2. The Hall–Kier alpha value is -3.52. The van der Waals surface area contributed by atoms with E-state index < -0.39 is 5.97 Å². The number of nitrogens with one attached hydrogen (secondary N) is 2. The first-order chi connectivity index (χ1) is 15.2. The second-order valence-corrected chi connectivity index (χ2v) is 7.59. The van der Waals surface area contributed by atoms with Gasteiger partial charge in [0.05, 0.1) is 18.7 Å². The van der Waals surface area contributed by atoms with E-state index in [0.29, 0.717) is 28.0 Å². The lowest BCUT2D eigenvalue weighted by Gasteiger charge is -2.20. The van der Waals surface area contributed by atoms with E-state index in [4.69, 9.17) is 14.1 Å². The molecule has 31 heavy (non-hydrogen) atoms. The Bertz CT molecular complexity index is 1050. The van der Waals surface area contributed by atoms with Crippen LogP contribution in [0.4, 0.5) is 4.79 Å². The molecule has 4 rings (SSSR count). The summed E-state index contributed by atoms with van der Waals surface area (Å²) < 4.78 is 11.2. The molecule has 2 aromatic carbocycles. The number of thioether (sulfide) groups is 1. The highest BCUT2D eigenvalue weighted by atomic mass is 32.2. The Labute approximate surface area is 183 Å². The Kier molecular flexibility index (Phi) is 6.37. The summed E-state index contributed by atoms with van der Waals surface area (Å²) in [6, 6.07) is 19.2. The molecule has 8 heteroatoms. The van der Waals surface area contributed by atoms with Gasteiger partial charge in [0.2, 0.25) is 0 Å². The lowest BCUT2D eigenvalue weighted by molar-refractivity contribution is -0.138. The van der Waals surface area contributed by atoms with Gasteiger partial charge in [0, 0.05) is 22.6 Å². The van der Waals surface area contributed by atoms with Gasteiger partial charge in [-0.05, 0) is 6.92 Å². The van der Waals surface area contributed by atoms with E-state index >= 15 is 0 Å². The van der Waals surface area contributed by atoms with E-state index in [0.717, 1.165) is 16.8 Å². The summed E-state index contributed by atoms with van der Waals surface area (Å²) in [7, 11) is 0. The van der Waals surface area contributed by atoms with Crippen LogP contribution in [-0.2, 0) is 9.53 Å². The molecule has 158 valence electrons. The van der Waals surface area contributed by atoms with Crippen molar-refractivity contribution in [2.75, 3.05) is 18.9 Å². The number of carbonyl (C=O) groups excluding carboxylic acids is 2. The van der Waals surface area contributed by atoms with Crippen LogP contribution in [0.2, 0.25) is 0 Å². The van der Waals surface area contributed by atoms with Gasteiger partial charge in [-0.25, -0.2) is 14.6 Å². The number of nitrogens with zero attached hydrogens (tertiary/aromatic N) is 1. The Morgan fingerprint density at radius 2 is 1.77 bits per heavy atom. The maximum absolute atomic E-state index is 12.2. The first-order valence-corrected chi connectivity index (χ1v) is 10.8. The molecule has 0 fully saturated rings. The molecule has 0 saturated heterocycles. The summed E-state index contributed by atoms with van der Waals surface area (Å²) in [5.74, 6) is 0.529. The molecule has 0 saturated carbocycles. The highest BCUT2D eigenvalue weighted by Crippen LogP contribution is 2.36. The first-order valence-electron chi connectivity index (χ1n) is 9.84. The molecule has 0 aliphatic carbocycles. The molecule has 7 nitrogen and oxygen atoms in total. The molecule has 2 amide bonds. The molecule has 1 aliphatic heterocycles. The number of amides is 2. The van der Waals surface area contributed by atoms with Gasteiger partial charge < -0.3 is 19.8 Å². The highest BCUT2D eigenvalue weighted by molar-refractivity contribution is 7.99. The van der Waals surface area contributed by atoms with Gasteiger partial charge in [0.15, 0.2) is 5.76 Å². The number of oxazole rings is 1. The normalized spacial score (nSPS) is 13.5. The van der Waals surface area contributed by atoms with E-state index in [1.54, 1.807) is 6.92 Å². The van der Waals surface area contributed by atoms with Gasteiger partial charge in [-0.2, -0.15) is 0 Å². The van der Waals surface area contributed by atoms with Gasteiger partial charge >= 0.3 is 12.0 Å². The molecular formula is C23H21N3O4S. The van der Waals surface area contributed by atoms with Crippen molar-refractivity contribution in [3.63, 3.8) is 0 Å². The smallest absolute Gasteiger partial charge is 0.337 e. The number of rotatable bonds is 7. The summed E-state index contributed by atoms with van der Waals surface area (Å²) in [6.07, 6.45) is 0. The minimum Gasteiger partial charge on any atom is -0.463 e. The molecule has 1 aromatic heterocycles. The van der Waals surface area contributed by atoms with E-state index in [1.807, 2.05) is 60.7 Å². The van der Waals surface area contributed by atoms with Gasteiger partial charge in [0.25, 0.3) is 5.22 Å². The molecule has 3 aromatic rings. The van der Waals surface area contributed by atoms with Crippen LogP contribution in [0.3, 0.4) is 0 Å². The van der Waals surface area contributed by atoms with Crippen molar-refractivity contribution < 1.29 is 18.7 Å². The minimum atomic E-state index is -0.451. The third-order valence-electron chi connectivity index (χ3n) is 4.61. The van der Waals surface area contributed by atoms with Crippen LogP contribution in [0.1, 0.15) is 6.92 Å². The molecule has 1 aliphatic rings. The standard InChI is InChI=1S/C23H21N3O4S/c1-2-29-21(27)17-13-24-22(28)25-18(17)14-31-23-26-19(15-9-5-3-6-10-15)20(30-23)16-11-7-4-8-12-16/h3-12H,2,13-14H2,1H3,(H2,24,25,28). The number of hydrogen-bond acceptors (Lipinski definition) is 6. The second-order valence-electron chi connectivity index (χ2n) is 6.66. The number of aromatic nitrogens is 1. The molecule has 0 radical (unpaired) electrons. The van der Waals surface area contributed by atoms with Crippen LogP contribution >= 0.6 is 11.8 Å². The summed E-state index contributed by atoms with van der Waals surface area (Å²) in [6.45, 7) is 2.12. The van der Waals surface area contributed by atoms with Gasteiger partial charge in [-0.1, -0.05) is 72.4 Å². The quantitative estimate of drug-likeness (QED) is 0.426. The molecule has 2 N–H and O–H groups in total. The molecular weight excluding hydrogens is 414 g/mol. The number of benzene rings is 2. The number of urea groups is 1.